The second kappa shape index (κ2) is 11.8. The Morgan fingerprint density at radius 1 is 0.517 bits per heavy atom. The monoisotopic (exact) mass is 426 g/mol. The van der Waals surface area contributed by atoms with Crippen LogP contribution in [0, 0.1) is 0 Å². The summed E-state index contributed by atoms with van der Waals surface area (Å²) in [6.07, 6.45) is -6.95. The Hall–Kier alpha value is -0.440. The number of ether oxygens (including phenoxy) is 9. The minimum atomic E-state index is -0.966. The maximum absolute atomic E-state index is 9.73. The third-order valence-electron chi connectivity index (χ3n) is 5.44. The molecule has 2 heterocycles. The molecule has 0 unspecified atom stereocenters. The molecule has 0 aliphatic carbocycles. The van der Waals surface area contributed by atoms with Gasteiger partial charge in [0, 0.05) is 42.7 Å². The van der Waals surface area contributed by atoms with E-state index in [9.17, 15) is 10.2 Å². The van der Waals surface area contributed by atoms with Crippen LogP contribution in [0.3, 0.4) is 0 Å². The van der Waals surface area contributed by atoms with Crippen molar-refractivity contribution in [2.75, 3.05) is 55.9 Å². The molecule has 2 aliphatic heterocycles. The normalized spacial score (nSPS) is 43.4. The largest absolute Gasteiger partial charge is 0.394 e. The van der Waals surface area contributed by atoms with Crippen LogP contribution in [0.15, 0.2) is 0 Å². The summed E-state index contributed by atoms with van der Waals surface area (Å²) in [6.45, 7) is -0.612. The second-order valence-corrected chi connectivity index (χ2v) is 6.79. The average Bonchev–Trinajstić information content (AvgIpc) is 2.76. The van der Waals surface area contributed by atoms with Crippen LogP contribution in [0.5, 0.6) is 0 Å². The predicted octanol–water partition coefficient (Wildman–Crippen LogP) is -1.47. The molecule has 2 rings (SSSR count). The predicted molar refractivity (Wildman–Crippen MR) is 97.4 cm³/mol. The maximum atomic E-state index is 9.73. The Morgan fingerprint density at radius 2 is 0.828 bits per heavy atom. The Kier molecular flexibility index (Phi) is 10.1. The highest BCUT2D eigenvalue weighted by molar-refractivity contribution is 4.95. The van der Waals surface area contributed by atoms with Crippen LogP contribution in [0.2, 0.25) is 0 Å². The SMILES string of the molecule is CO[C@@H]1[C@@H](OC)[C@@H](O[C@H]2O[C@H](CO)[C@@H](OC)[C@H](OC)[C@H]2OC)O[C@H](CO)[C@H]1OC. The molecule has 11 heteroatoms. The lowest BCUT2D eigenvalue weighted by Crippen LogP contribution is -2.65. The third-order valence-corrected chi connectivity index (χ3v) is 5.44. The molecule has 2 fully saturated rings. The Labute approximate surface area is 171 Å². The van der Waals surface area contributed by atoms with Gasteiger partial charge in [-0.1, -0.05) is 0 Å². The van der Waals surface area contributed by atoms with Gasteiger partial charge >= 0.3 is 0 Å². The number of aliphatic hydroxyl groups excluding tert-OH is 2. The fourth-order valence-electron chi connectivity index (χ4n) is 4.00. The van der Waals surface area contributed by atoms with Crippen LogP contribution < -0.4 is 0 Å². The highest BCUT2D eigenvalue weighted by atomic mass is 16.8. The van der Waals surface area contributed by atoms with Crippen molar-refractivity contribution in [3.05, 3.63) is 0 Å². The van der Waals surface area contributed by atoms with E-state index in [1.807, 2.05) is 0 Å². The van der Waals surface area contributed by atoms with Crippen molar-refractivity contribution < 1.29 is 52.8 Å². The Bertz CT molecular complexity index is 427. The zero-order valence-electron chi connectivity index (χ0n) is 17.8. The van der Waals surface area contributed by atoms with Gasteiger partial charge in [0.2, 0.25) is 0 Å². The van der Waals surface area contributed by atoms with Gasteiger partial charge in [0.25, 0.3) is 0 Å². The fraction of sp³-hybridized carbons (Fsp3) is 1.00. The summed E-state index contributed by atoms with van der Waals surface area (Å²) in [5, 5.41) is 19.5. The summed E-state index contributed by atoms with van der Waals surface area (Å²) >= 11 is 0. The molecule has 0 aromatic rings. The van der Waals surface area contributed by atoms with E-state index in [0.29, 0.717) is 0 Å². The van der Waals surface area contributed by atoms with Gasteiger partial charge in [-0.05, 0) is 0 Å². The van der Waals surface area contributed by atoms with Gasteiger partial charge in [0.1, 0.15) is 48.8 Å². The molecule has 0 bridgehead atoms. The zero-order chi connectivity index (χ0) is 21.6. The van der Waals surface area contributed by atoms with Crippen molar-refractivity contribution >= 4 is 0 Å². The van der Waals surface area contributed by atoms with Gasteiger partial charge in [-0.3, -0.25) is 0 Å². The first-order valence-electron chi connectivity index (χ1n) is 9.39. The van der Waals surface area contributed by atoms with Gasteiger partial charge in [0.05, 0.1) is 13.2 Å². The summed E-state index contributed by atoms with van der Waals surface area (Å²) in [5.41, 5.74) is 0. The number of rotatable bonds is 10. The van der Waals surface area contributed by atoms with E-state index < -0.39 is 61.4 Å². The fourth-order valence-corrected chi connectivity index (χ4v) is 4.00. The standard InChI is InChI=1S/C18H34O11/c1-21-11-9(7-19)27-17(15(25-5)13(11)23-3)29-18-16(26-6)14(24-4)12(22-2)10(8-20)28-18/h9-20H,7-8H2,1-6H3/t9-,10-,11-,12-,13+,14+,15-,16-,17-,18-/m1/s1. The van der Waals surface area contributed by atoms with Gasteiger partial charge in [0.15, 0.2) is 12.6 Å². The van der Waals surface area contributed by atoms with E-state index in [4.69, 9.17) is 42.6 Å². The number of hydrogen-bond acceptors (Lipinski definition) is 11. The molecule has 0 amide bonds. The molecular formula is C18H34O11. The Balaban J connectivity index is 2.26. The molecule has 0 spiro atoms. The first-order valence-corrected chi connectivity index (χ1v) is 9.39. The number of aliphatic hydroxyl groups is 2. The molecule has 2 saturated heterocycles. The van der Waals surface area contributed by atoms with Crippen molar-refractivity contribution in [3.8, 4) is 0 Å². The molecule has 172 valence electrons. The average molecular weight is 426 g/mol. The minimum Gasteiger partial charge on any atom is -0.394 e. The van der Waals surface area contributed by atoms with Crippen LogP contribution in [-0.2, 0) is 42.6 Å². The topological polar surface area (TPSA) is 124 Å². The molecule has 10 atom stereocenters. The lowest BCUT2D eigenvalue weighted by molar-refractivity contribution is -0.383. The van der Waals surface area contributed by atoms with Crippen molar-refractivity contribution in [2.24, 2.45) is 0 Å². The molecule has 0 radical (unpaired) electrons. The smallest absolute Gasteiger partial charge is 0.190 e. The summed E-state index contributed by atoms with van der Waals surface area (Å²) in [5.74, 6) is 0. The third kappa shape index (κ3) is 5.08. The lowest BCUT2D eigenvalue weighted by Gasteiger charge is -2.48. The molecule has 0 aromatic heterocycles. The van der Waals surface area contributed by atoms with Crippen LogP contribution in [-0.4, -0.2) is 127 Å². The summed E-state index contributed by atoms with van der Waals surface area (Å²) in [4.78, 5) is 0. The van der Waals surface area contributed by atoms with Gasteiger partial charge < -0.3 is 52.8 Å². The Morgan fingerprint density at radius 3 is 1.07 bits per heavy atom. The molecule has 11 nitrogen and oxygen atoms in total. The van der Waals surface area contributed by atoms with E-state index in [1.165, 1.54) is 42.7 Å². The minimum absolute atomic E-state index is 0.306. The van der Waals surface area contributed by atoms with Gasteiger partial charge in [-0.2, -0.15) is 0 Å². The van der Waals surface area contributed by atoms with Crippen LogP contribution in [0.1, 0.15) is 0 Å². The molecule has 2 aliphatic rings. The van der Waals surface area contributed by atoms with E-state index in [0.717, 1.165) is 0 Å². The summed E-state index contributed by atoms with van der Waals surface area (Å²) in [6, 6.07) is 0. The first-order chi connectivity index (χ1) is 14.0. The summed E-state index contributed by atoms with van der Waals surface area (Å²) < 4.78 is 50.9. The van der Waals surface area contributed by atoms with Crippen molar-refractivity contribution in [3.63, 3.8) is 0 Å². The van der Waals surface area contributed by atoms with Crippen molar-refractivity contribution in [1.29, 1.82) is 0 Å². The molecule has 0 aromatic carbocycles. The van der Waals surface area contributed by atoms with E-state index in [-0.39, 0.29) is 13.2 Å². The maximum Gasteiger partial charge on any atom is 0.190 e. The van der Waals surface area contributed by atoms with Crippen LogP contribution >= 0.6 is 0 Å². The van der Waals surface area contributed by atoms with Crippen LogP contribution in [0.4, 0.5) is 0 Å². The number of hydrogen-bond donors (Lipinski definition) is 2. The zero-order valence-corrected chi connectivity index (χ0v) is 17.8. The quantitative estimate of drug-likeness (QED) is 0.425. The molecule has 29 heavy (non-hydrogen) atoms. The van der Waals surface area contributed by atoms with Crippen molar-refractivity contribution in [1.82, 2.24) is 0 Å². The highest BCUT2D eigenvalue weighted by Crippen LogP contribution is 2.33. The van der Waals surface area contributed by atoms with E-state index >= 15 is 0 Å². The molecule has 2 N–H and O–H groups in total. The van der Waals surface area contributed by atoms with Crippen LogP contribution in [0.25, 0.3) is 0 Å². The highest BCUT2D eigenvalue weighted by Gasteiger charge is 2.52. The molecular weight excluding hydrogens is 392 g/mol. The first kappa shape index (κ1) is 24.8. The van der Waals surface area contributed by atoms with Gasteiger partial charge in [-0.15, -0.1) is 0 Å². The second-order valence-electron chi connectivity index (χ2n) is 6.79. The van der Waals surface area contributed by atoms with Gasteiger partial charge in [-0.25, -0.2) is 0 Å². The summed E-state index contributed by atoms with van der Waals surface area (Å²) in [7, 11) is 9.02. The van der Waals surface area contributed by atoms with Crippen molar-refractivity contribution in [2.45, 2.75) is 61.4 Å². The van der Waals surface area contributed by atoms with E-state index in [1.54, 1.807) is 0 Å². The van der Waals surface area contributed by atoms with E-state index in [2.05, 4.69) is 0 Å². The molecule has 0 saturated carbocycles. The lowest BCUT2D eigenvalue weighted by atomic mass is 9.97. The number of methoxy groups -OCH3 is 6.